The average Bonchev–Trinajstić information content (AvgIpc) is 2.29. The zero-order chi connectivity index (χ0) is 12.2. The van der Waals surface area contributed by atoms with Crippen LogP contribution >= 0.6 is 0 Å². The Morgan fingerprint density at radius 1 is 1.19 bits per heavy atom. The molecule has 0 aliphatic rings. The van der Waals surface area contributed by atoms with Crippen LogP contribution in [0.25, 0.3) is 0 Å². The molecule has 0 saturated carbocycles. The van der Waals surface area contributed by atoms with Crippen LogP contribution in [0.15, 0.2) is 12.2 Å². The quantitative estimate of drug-likeness (QED) is 0.377. The van der Waals surface area contributed by atoms with Crippen LogP contribution < -0.4 is 0 Å². The van der Waals surface area contributed by atoms with E-state index in [0.717, 1.165) is 0 Å². The normalized spacial score (nSPS) is 9.75. The molecule has 0 rings (SSSR count). The summed E-state index contributed by atoms with van der Waals surface area (Å²) in [5.41, 5.74) is 0. The van der Waals surface area contributed by atoms with Crippen LogP contribution in [0.1, 0.15) is 12.8 Å². The Bertz CT molecular complexity index is 287. The standard InChI is InChI=1S/C11H14O5/c1-2-8-15-10(13)5-6-11(14)16-9-4-3-7-12/h1,3-4,12H,5-9H2. The molecule has 5 nitrogen and oxygen atoms in total. The third-order valence-electron chi connectivity index (χ3n) is 1.46. The molecule has 5 heteroatoms. The van der Waals surface area contributed by atoms with Crippen LogP contribution in [0.3, 0.4) is 0 Å². The first-order valence-electron chi connectivity index (χ1n) is 4.71. The molecule has 0 atom stereocenters. The van der Waals surface area contributed by atoms with Crippen LogP contribution in [0.2, 0.25) is 0 Å². The molecule has 0 fully saturated rings. The maximum atomic E-state index is 11.0. The minimum atomic E-state index is -0.527. The lowest BCUT2D eigenvalue weighted by molar-refractivity contribution is -0.148. The van der Waals surface area contributed by atoms with Gasteiger partial charge in [-0.1, -0.05) is 12.0 Å². The van der Waals surface area contributed by atoms with Crippen molar-refractivity contribution >= 4 is 11.9 Å². The summed E-state index contributed by atoms with van der Waals surface area (Å²) in [6.07, 6.45) is 7.74. The van der Waals surface area contributed by atoms with Gasteiger partial charge in [-0.05, 0) is 6.08 Å². The van der Waals surface area contributed by atoms with Gasteiger partial charge in [0.1, 0.15) is 6.61 Å². The number of ether oxygens (including phenoxy) is 2. The van der Waals surface area contributed by atoms with Crippen molar-refractivity contribution in [1.82, 2.24) is 0 Å². The summed E-state index contributed by atoms with van der Waals surface area (Å²) < 4.78 is 9.27. The van der Waals surface area contributed by atoms with Gasteiger partial charge in [-0.25, -0.2) is 0 Å². The van der Waals surface area contributed by atoms with E-state index in [1.165, 1.54) is 12.2 Å². The van der Waals surface area contributed by atoms with E-state index in [0.29, 0.717) is 0 Å². The Kier molecular flexibility index (Phi) is 8.65. The molecule has 0 heterocycles. The molecule has 0 spiro atoms. The SMILES string of the molecule is C#CCOC(=O)CCC(=O)OCC=CCO. The monoisotopic (exact) mass is 226 g/mol. The number of hydrogen-bond acceptors (Lipinski definition) is 5. The maximum absolute atomic E-state index is 11.0. The minimum Gasteiger partial charge on any atom is -0.461 e. The molecule has 0 unspecified atom stereocenters. The van der Waals surface area contributed by atoms with E-state index in [1.54, 1.807) is 0 Å². The summed E-state index contributed by atoms with van der Waals surface area (Å²) in [4.78, 5) is 21.9. The second kappa shape index (κ2) is 9.74. The van der Waals surface area contributed by atoms with Crippen molar-refractivity contribution in [2.75, 3.05) is 19.8 Å². The predicted octanol–water partition coefficient (Wildman–Crippen LogP) is 0.0347. The first kappa shape index (κ1) is 14.2. The maximum Gasteiger partial charge on any atom is 0.307 e. The lowest BCUT2D eigenvalue weighted by Gasteiger charge is -2.01. The summed E-state index contributed by atoms with van der Waals surface area (Å²) in [6.45, 7) is -0.109. The molecule has 0 aliphatic heterocycles. The van der Waals surface area contributed by atoms with Gasteiger partial charge in [0, 0.05) is 0 Å². The van der Waals surface area contributed by atoms with Crippen molar-refractivity contribution in [3.8, 4) is 12.3 Å². The summed E-state index contributed by atoms with van der Waals surface area (Å²) in [7, 11) is 0. The lowest BCUT2D eigenvalue weighted by Crippen LogP contribution is -2.10. The number of aliphatic hydroxyl groups excluding tert-OH is 1. The number of esters is 2. The van der Waals surface area contributed by atoms with Gasteiger partial charge in [0.05, 0.1) is 19.4 Å². The van der Waals surface area contributed by atoms with Crippen LogP contribution in [0.5, 0.6) is 0 Å². The fourth-order valence-corrected chi connectivity index (χ4v) is 0.754. The van der Waals surface area contributed by atoms with Crippen molar-refractivity contribution in [3.05, 3.63) is 12.2 Å². The topological polar surface area (TPSA) is 72.8 Å². The van der Waals surface area contributed by atoms with Gasteiger partial charge in [0.2, 0.25) is 0 Å². The molecule has 0 aromatic rings. The Morgan fingerprint density at radius 2 is 1.81 bits per heavy atom. The van der Waals surface area contributed by atoms with Crippen molar-refractivity contribution in [2.45, 2.75) is 12.8 Å². The third kappa shape index (κ3) is 8.78. The molecule has 0 aromatic heterocycles. The largest absolute Gasteiger partial charge is 0.461 e. The summed E-state index contributed by atoms with van der Waals surface area (Å²) in [5.74, 6) is 1.12. The predicted molar refractivity (Wildman–Crippen MR) is 56.2 cm³/mol. The second-order valence-corrected chi connectivity index (χ2v) is 2.70. The highest BCUT2D eigenvalue weighted by Crippen LogP contribution is 1.95. The number of carbonyl (C=O) groups is 2. The number of aliphatic hydroxyl groups is 1. The Hall–Kier alpha value is -1.80. The molecule has 0 aliphatic carbocycles. The molecule has 1 N–H and O–H groups in total. The summed E-state index contributed by atoms with van der Waals surface area (Å²) in [5, 5.41) is 8.39. The van der Waals surface area contributed by atoms with Gasteiger partial charge in [0.15, 0.2) is 6.61 Å². The number of rotatable bonds is 7. The molecular weight excluding hydrogens is 212 g/mol. The minimum absolute atomic E-state index is 0.0453. The van der Waals surface area contributed by atoms with E-state index >= 15 is 0 Å². The molecule has 16 heavy (non-hydrogen) atoms. The van der Waals surface area contributed by atoms with Crippen LogP contribution in [0, 0.1) is 12.3 Å². The van der Waals surface area contributed by atoms with E-state index < -0.39 is 11.9 Å². The molecular formula is C11H14O5. The average molecular weight is 226 g/mol. The van der Waals surface area contributed by atoms with Gasteiger partial charge in [-0.3, -0.25) is 9.59 Å². The highest BCUT2D eigenvalue weighted by Gasteiger charge is 2.07. The van der Waals surface area contributed by atoms with E-state index in [2.05, 4.69) is 10.7 Å². The van der Waals surface area contributed by atoms with Crippen molar-refractivity contribution < 1.29 is 24.2 Å². The molecule has 0 bridgehead atoms. The first-order valence-corrected chi connectivity index (χ1v) is 4.71. The van der Waals surface area contributed by atoms with Gasteiger partial charge in [0.25, 0.3) is 0 Å². The second-order valence-electron chi connectivity index (χ2n) is 2.70. The Morgan fingerprint density at radius 3 is 2.38 bits per heavy atom. The Balaban J connectivity index is 3.54. The smallest absolute Gasteiger partial charge is 0.307 e. The number of terminal acetylenes is 1. The highest BCUT2D eigenvalue weighted by molar-refractivity contribution is 5.77. The molecule has 0 amide bonds. The van der Waals surface area contributed by atoms with Crippen LogP contribution in [-0.2, 0) is 19.1 Å². The van der Waals surface area contributed by atoms with Crippen LogP contribution in [-0.4, -0.2) is 36.9 Å². The van der Waals surface area contributed by atoms with E-state index in [-0.39, 0.29) is 32.7 Å². The fourth-order valence-electron chi connectivity index (χ4n) is 0.754. The van der Waals surface area contributed by atoms with Crippen molar-refractivity contribution in [3.63, 3.8) is 0 Å². The number of hydrogen-bond donors (Lipinski definition) is 1. The highest BCUT2D eigenvalue weighted by atomic mass is 16.5. The zero-order valence-corrected chi connectivity index (χ0v) is 8.85. The first-order chi connectivity index (χ1) is 7.70. The zero-order valence-electron chi connectivity index (χ0n) is 8.85. The van der Waals surface area contributed by atoms with Crippen molar-refractivity contribution in [1.29, 1.82) is 0 Å². The summed E-state index contributed by atoms with van der Waals surface area (Å²) in [6, 6.07) is 0. The number of carbonyl (C=O) groups excluding carboxylic acids is 2. The van der Waals surface area contributed by atoms with E-state index in [9.17, 15) is 9.59 Å². The summed E-state index contributed by atoms with van der Waals surface area (Å²) >= 11 is 0. The van der Waals surface area contributed by atoms with Gasteiger partial charge in [-0.15, -0.1) is 6.42 Å². The third-order valence-corrected chi connectivity index (χ3v) is 1.46. The molecule has 88 valence electrons. The molecule has 0 aromatic carbocycles. The van der Waals surface area contributed by atoms with Gasteiger partial charge >= 0.3 is 11.9 Å². The van der Waals surface area contributed by atoms with E-state index in [4.69, 9.17) is 16.3 Å². The van der Waals surface area contributed by atoms with Gasteiger partial charge < -0.3 is 14.6 Å². The fraction of sp³-hybridized carbons (Fsp3) is 0.455. The Labute approximate surface area is 94.0 Å². The molecule has 0 radical (unpaired) electrons. The lowest BCUT2D eigenvalue weighted by atomic mass is 10.3. The van der Waals surface area contributed by atoms with Crippen LogP contribution in [0.4, 0.5) is 0 Å². The van der Waals surface area contributed by atoms with Gasteiger partial charge in [-0.2, -0.15) is 0 Å². The van der Waals surface area contributed by atoms with E-state index in [1.807, 2.05) is 0 Å². The van der Waals surface area contributed by atoms with Crippen molar-refractivity contribution in [2.24, 2.45) is 0 Å². The molecule has 0 saturated heterocycles.